The number of sulfone groups is 1. The topological polar surface area (TPSA) is 138 Å². The largest absolute Gasteiger partial charge is 0.508 e. The molecule has 0 radical (unpaired) electrons. The van der Waals surface area contributed by atoms with Crippen molar-refractivity contribution in [3.8, 4) is 5.75 Å². The summed E-state index contributed by atoms with van der Waals surface area (Å²) >= 11 is 12.8. The molecular formula is C27H26Cl2NO7PS. The molecule has 0 aromatic heterocycles. The first-order chi connectivity index (χ1) is 18.1. The molecule has 8 nitrogen and oxygen atoms in total. The normalized spacial score (nSPS) is 14.3. The summed E-state index contributed by atoms with van der Waals surface area (Å²) < 4.78 is 37.0. The van der Waals surface area contributed by atoms with E-state index in [1.165, 1.54) is 42.5 Å². The molecule has 0 spiro atoms. The van der Waals surface area contributed by atoms with Crippen molar-refractivity contribution < 1.29 is 32.8 Å². The number of halogens is 2. The van der Waals surface area contributed by atoms with Gasteiger partial charge < -0.3 is 20.1 Å². The number of carboxylic acids is 1. The summed E-state index contributed by atoms with van der Waals surface area (Å²) in [6.07, 6.45) is 0.860. The van der Waals surface area contributed by atoms with Crippen LogP contribution < -0.4 is 10.6 Å². The Hall–Kier alpha value is -3.10. The van der Waals surface area contributed by atoms with Crippen LogP contribution in [0.4, 0.5) is 0 Å². The second kappa shape index (κ2) is 12.0. The first-order valence-electron chi connectivity index (χ1n) is 11.5. The monoisotopic (exact) mass is 609 g/mol. The quantitative estimate of drug-likeness (QED) is 0.283. The number of carboxylic acid groups (broad SMARTS) is 1. The zero-order chi connectivity index (χ0) is 29.1. The highest BCUT2D eigenvalue weighted by Crippen LogP contribution is 2.45. The summed E-state index contributed by atoms with van der Waals surface area (Å²) in [5.74, 6) is -0.619. The predicted molar refractivity (Wildman–Crippen MR) is 154 cm³/mol. The number of phenolic OH excluding ortho intramolecular Hbond substituents is 1. The molecule has 3 N–H and O–H groups in total. The minimum Gasteiger partial charge on any atom is -0.508 e. The molecule has 1 amide bonds. The Bertz CT molecular complexity index is 1610. The number of benzene rings is 3. The van der Waals surface area contributed by atoms with E-state index >= 15 is 0 Å². The molecule has 2 atom stereocenters. The van der Waals surface area contributed by atoms with Crippen molar-refractivity contribution in [3.05, 3.63) is 93.2 Å². The Labute approximate surface area is 236 Å². The lowest BCUT2D eigenvalue weighted by Gasteiger charge is -2.17. The van der Waals surface area contributed by atoms with E-state index in [0.29, 0.717) is 22.0 Å². The number of amides is 1. The van der Waals surface area contributed by atoms with Gasteiger partial charge in [0.1, 0.15) is 18.9 Å². The van der Waals surface area contributed by atoms with Crippen LogP contribution in [-0.2, 0) is 25.6 Å². The number of hydrogen-bond donors (Lipinski definition) is 3. The highest BCUT2D eigenvalue weighted by atomic mass is 35.5. The molecule has 0 saturated carbocycles. The number of carbonyl (C=O) groups excluding carboxylic acids is 1. The number of rotatable bonds is 9. The molecular weight excluding hydrogens is 584 g/mol. The molecule has 3 aromatic rings. The maximum Gasteiger partial charge on any atom is 0.326 e. The van der Waals surface area contributed by atoms with E-state index < -0.39 is 34.9 Å². The molecule has 206 valence electrons. The van der Waals surface area contributed by atoms with Gasteiger partial charge in [0.25, 0.3) is 5.91 Å². The Morgan fingerprint density at radius 3 is 2.23 bits per heavy atom. The molecule has 0 aliphatic heterocycles. The zero-order valence-corrected chi connectivity index (χ0v) is 24.4. The number of allylic oxidation sites excluding steroid dienone is 1. The van der Waals surface area contributed by atoms with E-state index in [0.717, 1.165) is 6.26 Å². The van der Waals surface area contributed by atoms with Gasteiger partial charge in [0, 0.05) is 18.0 Å². The van der Waals surface area contributed by atoms with Gasteiger partial charge in [0.15, 0.2) is 9.84 Å². The third-order valence-corrected chi connectivity index (χ3v) is 9.77. The fourth-order valence-electron chi connectivity index (χ4n) is 3.87. The second-order valence-electron chi connectivity index (χ2n) is 9.13. The number of hydrogen-bond acceptors (Lipinski definition) is 6. The van der Waals surface area contributed by atoms with Gasteiger partial charge in [-0.15, -0.1) is 0 Å². The van der Waals surface area contributed by atoms with Crippen molar-refractivity contribution in [3.63, 3.8) is 0 Å². The van der Waals surface area contributed by atoms with Crippen LogP contribution in [0.5, 0.6) is 5.75 Å². The highest BCUT2D eigenvalue weighted by Gasteiger charge is 2.25. The van der Waals surface area contributed by atoms with Gasteiger partial charge in [-0.05, 0) is 72.5 Å². The Kier molecular flexibility index (Phi) is 9.34. The number of phenols is 1. The molecule has 0 saturated heterocycles. The van der Waals surface area contributed by atoms with Crippen molar-refractivity contribution in [2.75, 3.05) is 12.9 Å². The Morgan fingerprint density at radius 2 is 1.67 bits per heavy atom. The van der Waals surface area contributed by atoms with Crippen molar-refractivity contribution in [2.45, 2.75) is 24.3 Å². The van der Waals surface area contributed by atoms with Crippen molar-refractivity contribution >= 4 is 62.9 Å². The maximum atomic E-state index is 13.3. The smallest absolute Gasteiger partial charge is 0.326 e. The van der Waals surface area contributed by atoms with Crippen LogP contribution in [0.2, 0.25) is 10.0 Å². The van der Waals surface area contributed by atoms with E-state index in [2.05, 4.69) is 5.32 Å². The highest BCUT2D eigenvalue weighted by molar-refractivity contribution is 7.90. The fourth-order valence-corrected chi connectivity index (χ4v) is 7.03. The zero-order valence-electron chi connectivity index (χ0n) is 21.2. The third-order valence-electron chi connectivity index (χ3n) is 5.88. The van der Waals surface area contributed by atoms with E-state index in [1.54, 1.807) is 37.6 Å². The summed E-state index contributed by atoms with van der Waals surface area (Å²) in [6.45, 7) is 3.25. The molecule has 0 heterocycles. The summed E-state index contributed by atoms with van der Waals surface area (Å²) in [4.78, 5) is 24.9. The first kappa shape index (κ1) is 30.4. The summed E-state index contributed by atoms with van der Waals surface area (Å²) in [6, 6.07) is 13.5. The molecule has 12 heteroatoms. The maximum absolute atomic E-state index is 13.3. The van der Waals surface area contributed by atoms with E-state index in [1.807, 2.05) is 0 Å². The van der Waals surface area contributed by atoms with Crippen LogP contribution in [0, 0.1) is 0 Å². The molecule has 3 rings (SSSR count). The van der Waals surface area contributed by atoms with Gasteiger partial charge in [0.2, 0.25) is 0 Å². The molecule has 0 aliphatic carbocycles. The van der Waals surface area contributed by atoms with Crippen LogP contribution >= 0.6 is 30.3 Å². The van der Waals surface area contributed by atoms with Gasteiger partial charge in [-0.3, -0.25) is 4.79 Å². The molecule has 0 fully saturated rings. The van der Waals surface area contributed by atoms with E-state index in [4.69, 9.17) is 23.2 Å². The summed E-state index contributed by atoms with van der Waals surface area (Å²) in [5.41, 5.74) is 1.32. The molecule has 1 unspecified atom stereocenters. The molecule has 0 aliphatic rings. The Balaban J connectivity index is 1.86. The van der Waals surface area contributed by atoms with Crippen LogP contribution in [0.3, 0.4) is 0 Å². The van der Waals surface area contributed by atoms with E-state index in [-0.39, 0.29) is 32.7 Å². The number of carbonyl (C=O) groups is 2. The lowest BCUT2D eigenvalue weighted by molar-refractivity contribution is -0.139. The first-order valence-corrected chi connectivity index (χ1v) is 16.3. The molecule has 0 bridgehead atoms. The number of aromatic hydroxyl groups is 1. The van der Waals surface area contributed by atoms with Gasteiger partial charge in [-0.1, -0.05) is 47.5 Å². The lowest BCUT2D eigenvalue weighted by Crippen LogP contribution is -2.42. The van der Waals surface area contributed by atoms with Gasteiger partial charge in [0.05, 0.1) is 20.5 Å². The standard InChI is InChI=1S/C27H26Cl2NO7PS/c1-16(15-38(2,35)20-8-5-7-19(31)14-20)18-12-22(28)25(23(29)13-18)26(32)30-24(27(33)34)11-17-6-4-9-21(10-17)39(3,36)37/h4-10,12-15,24,31H,11H2,1-3H3,(H,30,32)(H,33,34)/b16-15+/t24-,38?/m0/s1. The average Bonchev–Trinajstić information content (AvgIpc) is 2.82. The SMILES string of the molecule is C/C(=C\P(C)(=O)c1cccc(O)c1)c1cc(Cl)c(C(=O)N[C@@H](Cc2cccc(S(C)(=O)=O)c2)C(=O)O)c(Cl)c1. The van der Waals surface area contributed by atoms with E-state index in [9.17, 15) is 32.8 Å². The van der Waals surface area contributed by atoms with Gasteiger partial charge >= 0.3 is 5.97 Å². The Morgan fingerprint density at radius 1 is 1.05 bits per heavy atom. The van der Waals surface area contributed by atoms with Crippen LogP contribution in [0.25, 0.3) is 5.57 Å². The van der Waals surface area contributed by atoms with Gasteiger partial charge in [-0.2, -0.15) is 0 Å². The minimum absolute atomic E-state index is 0.00940. The molecule has 3 aromatic carbocycles. The fraction of sp³-hybridized carbons (Fsp3) is 0.185. The number of aliphatic carboxylic acids is 1. The molecule has 39 heavy (non-hydrogen) atoms. The predicted octanol–water partition coefficient (Wildman–Crippen LogP) is 5.21. The average molecular weight is 610 g/mol. The minimum atomic E-state index is -3.50. The summed E-state index contributed by atoms with van der Waals surface area (Å²) in [7, 11) is -6.52. The number of nitrogens with one attached hydrogen (secondary N) is 1. The van der Waals surface area contributed by atoms with Crippen LogP contribution in [0.15, 0.2) is 71.4 Å². The van der Waals surface area contributed by atoms with Crippen LogP contribution in [0.1, 0.15) is 28.4 Å². The van der Waals surface area contributed by atoms with Crippen molar-refractivity contribution in [1.29, 1.82) is 0 Å². The second-order valence-corrected chi connectivity index (χ2v) is 14.7. The summed E-state index contributed by atoms with van der Waals surface area (Å²) in [5, 5.41) is 22.2. The van der Waals surface area contributed by atoms with Crippen molar-refractivity contribution in [2.24, 2.45) is 0 Å². The lowest BCUT2D eigenvalue weighted by atomic mass is 10.0. The third kappa shape index (κ3) is 7.73. The van der Waals surface area contributed by atoms with Crippen molar-refractivity contribution in [1.82, 2.24) is 5.32 Å². The van der Waals surface area contributed by atoms with Gasteiger partial charge in [-0.25, -0.2) is 13.2 Å². The van der Waals surface area contributed by atoms with Crippen LogP contribution in [-0.4, -0.2) is 49.5 Å².